The minimum atomic E-state index is -0.0434. The summed E-state index contributed by atoms with van der Waals surface area (Å²) >= 11 is 0. The number of hydrogen-bond acceptors (Lipinski definition) is 3. The molecule has 1 N–H and O–H groups in total. The molecule has 0 saturated carbocycles. The molecule has 1 rings (SSSR count). The summed E-state index contributed by atoms with van der Waals surface area (Å²) in [7, 11) is 1.71. The van der Waals surface area contributed by atoms with E-state index in [9.17, 15) is 4.79 Å². The third kappa shape index (κ3) is 3.95. The molecule has 0 aliphatic heterocycles. The van der Waals surface area contributed by atoms with Gasteiger partial charge in [0.15, 0.2) is 0 Å². The largest absolute Gasteiger partial charge is 0.312 e. The molecule has 0 unspecified atom stereocenters. The molecule has 0 atom stereocenters. The van der Waals surface area contributed by atoms with Crippen LogP contribution < -0.4 is 10.9 Å². The van der Waals surface area contributed by atoms with Crippen LogP contribution in [0.3, 0.4) is 0 Å². The van der Waals surface area contributed by atoms with Crippen LogP contribution in [0.5, 0.6) is 0 Å². The molecule has 102 valence electrons. The highest BCUT2D eigenvalue weighted by Gasteiger charge is 2.18. The monoisotopic (exact) mass is 251 g/mol. The van der Waals surface area contributed by atoms with Crippen LogP contribution in [0.2, 0.25) is 0 Å². The Bertz CT molecular complexity index is 455. The van der Waals surface area contributed by atoms with Gasteiger partial charge in [0.25, 0.3) is 5.56 Å². The van der Waals surface area contributed by atoms with Crippen molar-refractivity contribution in [3.05, 3.63) is 27.7 Å². The molecule has 0 amide bonds. The summed E-state index contributed by atoms with van der Waals surface area (Å²) in [5, 5.41) is 7.63. The van der Waals surface area contributed by atoms with Gasteiger partial charge in [-0.15, -0.1) is 0 Å². The molecule has 1 aromatic rings. The second-order valence-corrected chi connectivity index (χ2v) is 6.26. The summed E-state index contributed by atoms with van der Waals surface area (Å²) in [4.78, 5) is 12.0. The summed E-state index contributed by atoms with van der Waals surface area (Å²) in [5.74, 6) is 0.581. The van der Waals surface area contributed by atoms with Gasteiger partial charge in [0, 0.05) is 24.6 Å². The van der Waals surface area contributed by atoms with Crippen molar-refractivity contribution in [3.8, 4) is 0 Å². The fourth-order valence-corrected chi connectivity index (χ4v) is 1.66. The third-order valence-electron chi connectivity index (χ3n) is 2.77. The number of nitrogens with zero attached hydrogens (tertiary/aromatic N) is 2. The lowest BCUT2D eigenvalue weighted by Crippen LogP contribution is -2.31. The Kier molecular flexibility index (Phi) is 4.68. The number of aromatic nitrogens is 2. The van der Waals surface area contributed by atoms with E-state index in [2.05, 4.69) is 45.0 Å². The standard InChI is InChI=1S/C14H25N3O/c1-10(2)8-15-9-11-7-12(14(3,4)5)16-17(6)13(11)18/h7,10,15H,8-9H2,1-6H3. The van der Waals surface area contributed by atoms with E-state index in [1.54, 1.807) is 7.05 Å². The zero-order valence-electron chi connectivity index (χ0n) is 12.4. The van der Waals surface area contributed by atoms with Crippen LogP contribution in [0.4, 0.5) is 0 Å². The van der Waals surface area contributed by atoms with Crippen LogP contribution in [-0.2, 0) is 19.0 Å². The minimum Gasteiger partial charge on any atom is -0.312 e. The lowest BCUT2D eigenvalue weighted by Gasteiger charge is -2.19. The van der Waals surface area contributed by atoms with E-state index in [1.165, 1.54) is 4.68 Å². The molecule has 0 aromatic carbocycles. The van der Waals surface area contributed by atoms with Crippen LogP contribution >= 0.6 is 0 Å². The highest BCUT2D eigenvalue weighted by atomic mass is 16.1. The normalized spacial score (nSPS) is 12.2. The van der Waals surface area contributed by atoms with Gasteiger partial charge in [-0.2, -0.15) is 5.10 Å². The van der Waals surface area contributed by atoms with Gasteiger partial charge >= 0.3 is 0 Å². The summed E-state index contributed by atoms with van der Waals surface area (Å²) in [6.07, 6.45) is 0. The summed E-state index contributed by atoms with van der Waals surface area (Å²) in [6, 6.07) is 1.93. The van der Waals surface area contributed by atoms with Crippen molar-refractivity contribution in [1.29, 1.82) is 0 Å². The molecule has 0 saturated heterocycles. The predicted molar refractivity (Wildman–Crippen MR) is 74.7 cm³/mol. The van der Waals surface area contributed by atoms with Crippen molar-refractivity contribution in [2.24, 2.45) is 13.0 Å². The lowest BCUT2D eigenvalue weighted by molar-refractivity contribution is 0.516. The first-order chi connectivity index (χ1) is 8.21. The van der Waals surface area contributed by atoms with Crippen molar-refractivity contribution in [1.82, 2.24) is 15.1 Å². The lowest BCUT2D eigenvalue weighted by atomic mass is 9.91. The third-order valence-corrected chi connectivity index (χ3v) is 2.77. The van der Waals surface area contributed by atoms with E-state index >= 15 is 0 Å². The van der Waals surface area contributed by atoms with Crippen molar-refractivity contribution in [2.45, 2.75) is 46.6 Å². The summed E-state index contributed by atoms with van der Waals surface area (Å²) in [5.41, 5.74) is 1.68. The molecule has 4 heteroatoms. The maximum Gasteiger partial charge on any atom is 0.270 e. The fraction of sp³-hybridized carbons (Fsp3) is 0.714. The predicted octanol–water partition coefficient (Wildman–Crippen LogP) is 1.82. The maximum absolute atomic E-state index is 12.0. The van der Waals surface area contributed by atoms with Crippen molar-refractivity contribution < 1.29 is 0 Å². The average Bonchev–Trinajstić information content (AvgIpc) is 2.22. The highest BCUT2D eigenvalue weighted by molar-refractivity contribution is 5.19. The first-order valence-electron chi connectivity index (χ1n) is 6.50. The van der Waals surface area contributed by atoms with Gasteiger partial charge in [0.2, 0.25) is 0 Å². The Labute approximate surface area is 109 Å². The highest BCUT2D eigenvalue weighted by Crippen LogP contribution is 2.19. The number of aryl methyl sites for hydroxylation is 1. The zero-order chi connectivity index (χ0) is 13.9. The van der Waals surface area contributed by atoms with E-state index in [1.807, 2.05) is 6.07 Å². The van der Waals surface area contributed by atoms with E-state index in [-0.39, 0.29) is 11.0 Å². The second kappa shape index (κ2) is 5.65. The van der Waals surface area contributed by atoms with Crippen LogP contribution in [0.25, 0.3) is 0 Å². The Hall–Kier alpha value is -1.16. The summed E-state index contributed by atoms with van der Waals surface area (Å²) in [6.45, 7) is 12.1. The van der Waals surface area contributed by atoms with Crippen LogP contribution in [0.15, 0.2) is 10.9 Å². The fourth-order valence-electron chi connectivity index (χ4n) is 1.66. The number of rotatable bonds is 4. The molecule has 0 aliphatic carbocycles. The van der Waals surface area contributed by atoms with E-state index in [0.29, 0.717) is 12.5 Å². The first kappa shape index (κ1) is 14.9. The molecule has 1 heterocycles. The van der Waals surface area contributed by atoms with Gasteiger partial charge in [-0.25, -0.2) is 4.68 Å². The molecule has 0 spiro atoms. The molecule has 0 aliphatic rings. The van der Waals surface area contributed by atoms with Crippen molar-refractivity contribution in [3.63, 3.8) is 0 Å². The van der Waals surface area contributed by atoms with Gasteiger partial charge in [0.1, 0.15) is 0 Å². The SMILES string of the molecule is CC(C)CNCc1cc(C(C)(C)C)nn(C)c1=O. The van der Waals surface area contributed by atoms with Crippen molar-refractivity contribution in [2.75, 3.05) is 6.54 Å². The van der Waals surface area contributed by atoms with Gasteiger partial charge in [-0.3, -0.25) is 4.79 Å². The number of hydrogen-bond donors (Lipinski definition) is 1. The summed E-state index contributed by atoms with van der Waals surface area (Å²) < 4.78 is 1.44. The van der Waals surface area contributed by atoms with E-state index < -0.39 is 0 Å². The minimum absolute atomic E-state index is 0.0146. The molecular weight excluding hydrogens is 226 g/mol. The van der Waals surface area contributed by atoms with Crippen LogP contribution in [-0.4, -0.2) is 16.3 Å². The average molecular weight is 251 g/mol. The van der Waals surface area contributed by atoms with Gasteiger partial charge in [0.05, 0.1) is 5.69 Å². The molecule has 0 bridgehead atoms. The topological polar surface area (TPSA) is 46.9 Å². The van der Waals surface area contributed by atoms with E-state index in [0.717, 1.165) is 17.8 Å². The smallest absolute Gasteiger partial charge is 0.270 e. The van der Waals surface area contributed by atoms with Gasteiger partial charge in [-0.05, 0) is 18.5 Å². The van der Waals surface area contributed by atoms with Crippen LogP contribution in [0, 0.1) is 5.92 Å². The molecule has 4 nitrogen and oxygen atoms in total. The van der Waals surface area contributed by atoms with E-state index in [4.69, 9.17) is 0 Å². The Morgan fingerprint density at radius 1 is 1.39 bits per heavy atom. The maximum atomic E-state index is 12.0. The zero-order valence-corrected chi connectivity index (χ0v) is 12.4. The quantitative estimate of drug-likeness (QED) is 0.888. The Balaban J connectivity index is 2.97. The first-order valence-corrected chi connectivity index (χ1v) is 6.50. The molecule has 1 aromatic heterocycles. The molecule has 18 heavy (non-hydrogen) atoms. The molecular formula is C14H25N3O. The Morgan fingerprint density at radius 3 is 2.50 bits per heavy atom. The van der Waals surface area contributed by atoms with Crippen LogP contribution in [0.1, 0.15) is 45.9 Å². The van der Waals surface area contributed by atoms with Crippen molar-refractivity contribution >= 4 is 0 Å². The molecule has 0 radical (unpaired) electrons. The van der Waals surface area contributed by atoms with Gasteiger partial charge < -0.3 is 5.32 Å². The van der Waals surface area contributed by atoms with Gasteiger partial charge in [-0.1, -0.05) is 34.6 Å². The number of nitrogens with one attached hydrogen (secondary N) is 1. The molecule has 0 fully saturated rings. The Morgan fingerprint density at radius 2 is 2.00 bits per heavy atom. The second-order valence-electron chi connectivity index (χ2n) is 6.26.